The third kappa shape index (κ3) is 4.07. The topological polar surface area (TPSA) is 25.4 Å². The van der Waals surface area contributed by atoms with Crippen molar-refractivity contribution in [1.82, 2.24) is 9.88 Å². The molecule has 2 aromatic rings. The maximum Gasteiger partial charge on any atom is 0.224 e. The van der Waals surface area contributed by atoms with E-state index in [2.05, 4.69) is 4.98 Å². The molecule has 1 aliphatic heterocycles. The molecule has 1 aromatic heterocycles. The minimum Gasteiger partial charge on any atom is -0.478 e. The van der Waals surface area contributed by atoms with Crippen LogP contribution in [0.1, 0.15) is 56.8 Å². The first-order chi connectivity index (χ1) is 14.6. The number of benzene rings is 1. The summed E-state index contributed by atoms with van der Waals surface area (Å²) in [6.45, 7) is 6.73. The smallest absolute Gasteiger partial charge is 0.224 e. The number of nitrogens with zero attached hydrogens (tertiary/aromatic N) is 2. The number of fused-ring (bicyclic) bond motifs is 2. The van der Waals surface area contributed by atoms with Crippen molar-refractivity contribution in [3.05, 3.63) is 64.1 Å². The maximum atomic E-state index is 15.2. The number of hydrogen-bond donors (Lipinski definition) is 0. The molecule has 0 N–H and O–H groups in total. The molecule has 0 saturated heterocycles. The molecule has 0 spiro atoms. The van der Waals surface area contributed by atoms with Gasteiger partial charge in [0.1, 0.15) is 17.3 Å². The summed E-state index contributed by atoms with van der Waals surface area (Å²) in [5.74, 6) is -2.25. The molecular weight excluding hydrogens is 408 g/mol. The Labute approximate surface area is 179 Å². The number of ether oxygens (including phenoxy) is 1. The van der Waals surface area contributed by atoms with Gasteiger partial charge in [-0.25, -0.2) is 13.2 Å². The SMILES string of the molecule is CCOc1cc(F)c(C2C3=C(CC(C)N2CC(C)(C)F)c2ccc(F)cc2C3)c(F)n1. The van der Waals surface area contributed by atoms with Gasteiger partial charge >= 0.3 is 0 Å². The normalized spacial score (nSPS) is 21.3. The number of aromatic nitrogens is 1. The average molecular weight is 434 g/mol. The van der Waals surface area contributed by atoms with Crippen LogP contribution >= 0.6 is 0 Å². The fourth-order valence-electron chi connectivity index (χ4n) is 4.82. The summed E-state index contributed by atoms with van der Waals surface area (Å²) in [6, 6.07) is 4.62. The second-order valence-corrected chi connectivity index (χ2v) is 8.91. The minimum absolute atomic E-state index is 0.00753. The van der Waals surface area contributed by atoms with Crippen molar-refractivity contribution in [1.29, 1.82) is 0 Å². The Bertz CT molecular complexity index is 1020. The van der Waals surface area contributed by atoms with Crippen molar-refractivity contribution in [3.8, 4) is 5.88 Å². The van der Waals surface area contributed by atoms with Crippen LogP contribution in [0.15, 0.2) is 29.8 Å². The van der Waals surface area contributed by atoms with Gasteiger partial charge in [-0.1, -0.05) is 6.07 Å². The molecule has 2 unspecified atom stereocenters. The molecule has 0 saturated carbocycles. The number of rotatable bonds is 5. The Morgan fingerprint density at radius 1 is 1.19 bits per heavy atom. The van der Waals surface area contributed by atoms with E-state index < -0.39 is 23.5 Å². The van der Waals surface area contributed by atoms with Gasteiger partial charge in [-0.15, -0.1) is 0 Å². The van der Waals surface area contributed by atoms with E-state index in [0.717, 1.165) is 28.3 Å². The van der Waals surface area contributed by atoms with Crippen molar-refractivity contribution in [2.75, 3.05) is 13.2 Å². The molecule has 2 heterocycles. The molecule has 3 nitrogen and oxygen atoms in total. The van der Waals surface area contributed by atoms with Crippen LogP contribution in [-0.2, 0) is 6.42 Å². The first-order valence-corrected chi connectivity index (χ1v) is 10.5. The van der Waals surface area contributed by atoms with E-state index >= 15 is 8.78 Å². The molecule has 4 rings (SSSR count). The van der Waals surface area contributed by atoms with E-state index in [1.165, 1.54) is 26.0 Å². The van der Waals surface area contributed by atoms with Crippen molar-refractivity contribution in [3.63, 3.8) is 0 Å². The monoisotopic (exact) mass is 434 g/mol. The van der Waals surface area contributed by atoms with Crippen LogP contribution in [0, 0.1) is 17.6 Å². The van der Waals surface area contributed by atoms with Crippen LogP contribution in [0.4, 0.5) is 17.6 Å². The molecule has 1 aromatic carbocycles. The van der Waals surface area contributed by atoms with E-state index in [1.807, 2.05) is 6.92 Å². The molecule has 1 aliphatic carbocycles. The van der Waals surface area contributed by atoms with E-state index in [-0.39, 0.29) is 36.5 Å². The van der Waals surface area contributed by atoms with Gasteiger partial charge in [0.25, 0.3) is 0 Å². The summed E-state index contributed by atoms with van der Waals surface area (Å²) < 4.78 is 64.2. The molecule has 31 heavy (non-hydrogen) atoms. The number of alkyl halides is 1. The standard InChI is InChI=1S/C24H26F4N2O/c1-5-31-20-11-19(26)21(23(27)29-20)22-18-10-14-9-15(25)6-7-16(14)17(18)8-13(2)30(22)12-24(3,4)28/h6-7,9,11,13,22H,5,8,10,12H2,1-4H3. The van der Waals surface area contributed by atoms with E-state index in [1.54, 1.807) is 17.9 Å². The van der Waals surface area contributed by atoms with Gasteiger partial charge in [-0.05, 0) is 74.9 Å². The van der Waals surface area contributed by atoms with Crippen LogP contribution in [0.2, 0.25) is 0 Å². The summed E-state index contributed by atoms with van der Waals surface area (Å²) >= 11 is 0. The number of halogens is 4. The Morgan fingerprint density at radius 3 is 2.58 bits per heavy atom. The van der Waals surface area contributed by atoms with Crippen LogP contribution in [-0.4, -0.2) is 34.7 Å². The predicted octanol–water partition coefficient (Wildman–Crippen LogP) is 5.79. The average Bonchev–Trinajstić information content (AvgIpc) is 2.99. The zero-order valence-corrected chi connectivity index (χ0v) is 18.1. The first-order valence-electron chi connectivity index (χ1n) is 10.5. The van der Waals surface area contributed by atoms with Crippen molar-refractivity contribution >= 4 is 5.57 Å². The summed E-state index contributed by atoms with van der Waals surface area (Å²) in [5.41, 5.74) is 1.60. The molecule has 0 amide bonds. The van der Waals surface area contributed by atoms with Gasteiger partial charge in [-0.3, -0.25) is 4.90 Å². The van der Waals surface area contributed by atoms with Crippen LogP contribution < -0.4 is 4.74 Å². The Kier molecular flexibility index (Phi) is 5.58. The van der Waals surface area contributed by atoms with Crippen molar-refractivity contribution < 1.29 is 22.3 Å². The Hall–Kier alpha value is -2.41. The Balaban J connectivity index is 1.88. The number of hydrogen-bond acceptors (Lipinski definition) is 3. The highest BCUT2D eigenvalue weighted by atomic mass is 19.1. The lowest BCUT2D eigenvalue weighted by molar-refractivity contribution is 0.0672. The second kappa shape index (κ2) is 7.93. The Morgan fingerprint density at radius 2 is 1.94 bits per heavy atom. The van der Waals surface area contributed by atoms with Gasteiger partial charge in [0.15, 0.2) is 0 Å². The molecule has 0 radical (unpaired) electrons. The van der Waals surface area contributed by atoms with Gasteiger partial charge in [0, 0.05) is 18.7 Å². The maximum absolute atomic E-state index is 15.2. The van der Waals surface area contributed by atoms with Crippen LogP contribution in [0.3, 0.4) is 0 Å². The van der Waals surface area contributed by atoms with Gasteiger partial charge in [0.05, 0.1) is 18.2 Å². The highest BCUT2D eigenvalue weighted by molar-refractivity contribution is 5.79. The summed E-state index contributed by atoms with van der Waals surface area (Å²) in [7, 11) is 0. The van der Waals surface area contributed by atoms with E-state index in [9.17, 15) is 8.78 Å². The van der Waals surface area contributed by atoms with Crippen LogP contribution in [0.5, 0.6) is 5.88 Å². The molecule has 166 valence electrons. The quantitative estimate of drug-likeness (QED) is 0.440. The fourth-order valence-corrected chi connectivity index (χ4v) is 4.82. The molecule has 7 heteroatoms. The molecule has 0 bridgehead atoms. The minimum atomic E-state index is -1.58. The van der Waals surface area contributed by atoms with Gasteiger partial charge in [0.2, 0.25) is 11.8 Å². The lowest BCUT2D eigenvalue weighted by Crippen LogP contribution is -2.47. The summed E-state index contributed by atoms with van der Waals surface area (Å²) in [5, 5.41) is 0. The summed E-state index contributed by atoms with van der Waals surface area (Å²) in [6.07, 6.45) is 0.948. The molecule has 2 atom stereocenters. The van der Waals surface area contributed by atoms with Gasteiger partial charge < -0.3 is 4.74 Å². The van der Waals surface area contributed by atoms with E-state index in [0.29, 0.717) is 12.8 Å². The molecule has 0 fully saturated rings. The zero-order chi connectivity index (χ0) is 22.5. The highest BCUT2D eigenvalue weighted by Crippen LogP contribution is 2.50. The lowest BCUT2D eigenvalue weighted by atomic mass is 9.84. The number of pyridine rings is 1. The lowest BCUT2D eigenvalue weighted by Gasteiger charge is -2.44. The summed E-state index contributed by atoms with van der Waals surface area (Å²) in [4.78, 5) is 5.60. The third-order valence-electron chi connectivity index (χ3n) is 5.95. The van der Waals surface area contributed by atoms with E-state index in [4.69, 9.17) is 4.74 Å². The van der Waals surface area contributed by atoms with Crippen molar-refractivity contribution in [2.45, 2.75) is 58.3 Å². The largest absolute Gasteiger partial charge is 0.478 e. The zero-order valence-electron chi connectivity index (χ0n) is 18.1. The fraction of sp³-hybridized carbons (Fsp3) is 0.458. The molecule has 2 aliphatic rings. The first kappa shape index (κ1) is 21.8. The third-order valence-corrected chi connectivity index (χ3v) is 5.95. The van der Waals surface area contributed by atoms with Gasteiger partial charge in [-0.2, -0.15) is 9.37 Å². The second-order valence-electron chi connectivity index (χ2n) is 8.91. The van der Waals surface area contributed by atoms with Crippen LogP contribution in [0.25, 0.3) is 5.57 Å². The molecular formula is C24H26F4N2O. The predicted molar refractivity (Wildman–Crippen MR) is 111 cm³/mol. The van der Waals surface area contributed by atoms with Crippen molar-refractivity contribution in [2.24, 2.45) is 0 Å². The highest BCUT2D eigenvalue weighted by Gasteiger charge is 2.43.